The molecule has 0 aliphatic carbocycles. The maximum absolute atomic E-state index is 11.6. The molecule has 4 heteroatoms. The first kappa shape index (κ1) is 10.2. The van der Waals surface area contributed by atoms with Gasteiger partial charge in [0, 0.05) is 6.54 Å². The number of aromatic nitrogens is 2. The van der Waals surface area contributed by atoms with Gasteiger partial charge in [-0.15, -0.1) is 0 Å². The summed E-state index contributed by atoms with van der Waals surface area (Å²) in [4.78, 5) is 11.6. The van der Waals surface area contributed by atoms with Crippen molar-refractivity contribution in [1.29, 1.82) is 0 Å². The number of hydrogen-bond donors (Lipinski definition) is 0. The van der Waals surface area contributed by atoms with E-state index in [1.165, 1.54) is 0 Å². The summed E-state index contributed by atoms with van der Waals surface area (Å²) < 4.78 is 6.92. The second kappa shape index (κ2) is 4.04. The molecule has 1 aliphatic rings. The molecule has 82 valence electrons. The zero-order valence-corrected chi connectivity index (χ0v) is 9.19. The van der Waals surface area contributed by atoms with E-state index in [0.29, 0.717) is 18.1 Å². The van der Waals surface area contributed by atoms with E-state index in [2.05, 4.69) is 12.0 Å². The van der Waals surface area contributed by atoms with Gasteiger partial charge in [-0.3, -0.25) is 4.68 Å². The number of nitrogens with zero attached hydrogens (tertiary/aromatic N) is 2. The molecule has 0 bridgehead atoms. The summed E-state index contributed by atoms with van der Waals surface area (Å²) in [6.45, 7) is 5.34. The molecular formula is C11H16N2O2. The van der Waals surface area contributed by atoms with E-state index in [4.69, 9.17) is 4.74 Å². The van der Waals surface area contributed by atoms with Gasteiger partial charge in [0.15, 0.2) is 0 Å². The number of fused-ring (bicyclic) bond motifs is 1. The van der Waals surface area contributed by atoms with E-state index in [0.717, 1.165) is 25.1 Å². The lowest BCUT2D eigenvalue weighted by Crippen LogP contribution is -2.20. The van der Waals surface area contributed by atoms with E-state index < -0.39 is 0 Å². The Morgan fingerprint density at radius 1 is 1.73 bits per heavy atom. The molecule has 0 spiro atoms. The first-order valence-electron chi connectivity index (χ1n) is 5.44. The van der Waals surface area contributed by atoms with Gasteiger partial charge in [-0.25, -0.2) is 4.79 Å². The van der Waals surface area contributed by atoms with Gasteiger partial charge in [0.05, 0.1) is 18.5 Å². The van der Waals surface area contributed by atoms with Crippen molar-refractivity contribution in [2.24, 2.45) is 5.92 Å². The van der Waals surface area contributed by atoms with Crippen LogP contribution in [0.15, 0.2) is 6.20 Å². The van der Waals surface area contributed by atoms with Crippen LogP contribution in [-0.4, -0.2) is 22.4 Å². The highest BCUT2D eigenvalue weighted by molar-refractivity contribution is 5.90. The summed E-state index contributed by atoms with van der Waals surface area (Å²) in [6, 6.07) is 0. The van der Waals surface area contributed by atoms with Crippen LogP contribution in [0.25, 0.3) is 0 Å². The number of rotatable bonds is 2. The minimum atomic E-state index is -0.243. The third-order valence-corrected chi connectivity index (χ3v) is 2.82. The molecule has 1 aliphatic heterocycles. The van der Waals surface area contributed by atoms with Crippen LogP contribution in [0.4, 0.5) is 0 Å². The Hall–Kier alpha value is -1.32. The standard InChI is InChI=1S/C11H16N2O2/c1-3-15-11(14)9-7-12-13-5-4-8(2)6-10(9)13/h7-8H,3-6H2,1-2H3. The molecule has 0 N–H and O–H groups in total. The lowest BCUT2D eigenvalue weighted by Gasteiger charge is -2.20. The molecule has 0 amide bonds. The van der Waals surface area contributed by atoms with Gasteiger partial charge in [0.2, 0.25) is 0 Å². The monoisotopic (exact) mass is 208 g/mol. The fraction of sp³-hybridized carbons (Fsp3) is 0.636. The van der Waals surface area contributed by atoms with Crippen molar-refractivity contribution < 1.29 is 9.53 Å². The highest BCUT2D eigenvalue weighted by Gasteiger charge is 2.23. The predicted molar refractivity (Wildman–Crippen MR) is 55.7 cm³/mol. The Morgan fingerprint density at radius 3 is 3.27 bits per heavy atom. The average molecular weight is 208 g/mol. The molecule has 4 nitrogen and oxygen atoms in total. The van der Waals surface area contributed by atoms with Crippen molar-refractivity contribution in [3.8, 4) is 0 Å². The molecule has 2 rings (SSSR count). The molecule has 1 atom stereocenters. The fourth-order valence-corrected chi connectivity index (χ4v) is 1.97. The maximum Gasteiger partial charge on any atom is 0.341 e. The van der Waals surface area contributed by atoms with Gasteiger partial charge in [0.25, 0.3) is 0 Å². The summed E-state index contributed by atoms with van der Waals surface area (Å²) in [6.07, 6.45) is 3.69. The molecule has 1 unspecified atom stereocenters. The van der Waals surface area contributed by atoms with Crippen LogP contribution in [0.2, 0.25) is 0 Å². The van der Waals surface area contributed by atoms with Gasteiger partial charge < -0.3 is 4.74 Å². The molecule has 0 radical (unpaired) electrons. The Morgan fingerprint density at radius 2 is 2.53 bits per heavy atom. The smallest absolute Gasteiger partial charge is 0.341 e. The maximum atomic E-state index is 11.6. The highest BCUT2D eigenvalue weighted by Crippen LogP contribution is 2.22. The number of esters is 1. The van der Waals surface area contributed by atoms with E-state index in [1.54, 1.807) is 6.20 Å². The first-order valence-corrected chi connectivity index (χ1v) is 5.44. The molecule has 15 heavy (non-hydrogen) atoms. The van der Waals surface area contributed by atoms with E-state index >= 15 is 0 Å². The average Bonchev–Trinajstić information content (AvgIpc) is 2.60. The zero-order chi connectivity index (χ0) is 10.8. The molecule has 0 saturated carbocycles. The van der Waals surface area contributed by atoms with Crippen molar-refractivity contribution in [1.82, 2.24) is 9.78 Å². The van der Waals surface area contributed by atoms with E-state index in [9.17, 15) is 4.79 Å². The Balaban J connectivity index is 2.26. The normalized spacial score (nSPS) is 19.7. The van der Waals surface area contributed by atoms with Crippen molar-refractivity contribution in [3.05, 3.63) is 17.5 Å². The Kier molecular flexibility index (Phi) is 2.75. The van der Waals surface area contributed by atoms with Gasteiger partial charge in [-0.2, -0.15) is 5.10 Å². The quantitative estimate of drug-likeness (QED) is 0.694. The van der Waals surface area contributed by atoms with Crippen molar-refractivity contribution in [2.45, 2.75) is 33.2 Å². The van der Waals surface area contributed by atoms with Crippen LogP contribution in [0.1, 0.15) is 36.3 Å². The Labute approximate surface area is 89.2 Å². The highest BCUT2D eigenvalue weighted by atomic mass is 16.5. The zero-order valence-electron chi connectivity index (χ0n) is 9.19. The summed E-state index contributed by atoms with van der Waals surface area (Å²) in [5.74, 6) is 0.384. The number of carbonyl (C=O) groups is 1. The molecule has 2 heterocycles. The van der Waals surface area contributed by atoms with E-state index in [1.807, 2.05) is 11.6 Å². The van der Waals surface area contributed by atoms with Gasteiger partial charge in [0.1, 0.15) is 5.56 Å². The van der Waals surface area contributed by atoms with Crippen LogP contribution in [0, 0.1) is 5.92 Å². The minimum absolute atomic E-state index is 0.243. The fourth-order valence-electron chi connectivity index (χ4n) is 1.97. The molecule has 1 aromatic rings. The predicted octanol–water partition coefficient (Wildman–Crippen LogP) is 1.64. The van der Waals surface area contributed by atoms with Crippen molar-refractivity contribution >= 4 is 5.97 Å². The van der Waals surface area contributed by atoms with Crippen LogP contribution >= 0.6 is 0 Å². The second-order valence-corrected chi connectivity index (χ2v) is 4.05. The van der Waals surface area contributed by atoms with Crippen LogP contribution in [-0.2, 0) is 17.7 Å². The number of aryl methyl sites for hydroxylation is 1. The topological polar surface area (TPSA) is 44.1 Å². The van der Waals surface area contributed by atoms with Crippen LogP contribution < -0.4 is 0 Å². The van der Waals surface area contributed by atoms with Crippen LogP contribution in [0.5, 0.6) is 0 Å². The molecule has 0 aromatic carbocycles. The lowest BCUT2D eigenvalue weighted by molar-refractivity contribution is 0.0524. The van der Waals surface area contributed by atoms with Crippen LogP contribution in [0.3, 0.4) is 0 Å². The second-order valence-electron chi connectivity index (χ2n) is 4.05. The number of carbonyl (C=O) groups excluding carboxylic acids is 1. The third kappa shape index (κ3) is 1.89. The lowest BCUT2D eigenvalue weighted by atomic mass is 9.96. The van der Waals surface area contributed by atoms with E-state index in [-0.39, 0.29) is 5.97 Å². The molecule has 0 fully saturated rings. The third-order valence-electron chi connectivity index (χ3n) is 2.82. The molecular weight excluding hydrogens is 192 g/mol. The summed E-state index contributed by atoms with van der Waals surface area (Å²) >= 11 is 0. The molecule has 1 aromatic heterocycles. The summed E-state index contributed by atoms with van der Waals surface area (Å²) in [5.41, 5.74) is 1.68. The van der Waals surface area contributed by atoms with Gasteiger partial charge in [-0.05, 0) is 25.7 Å². The molecule has 0 saturated heterocycles. The minimum Gasteiger partial charge on any atom is -0.462 e. The van der Waals surface area contributed by atoms with Crippen molar-refractivity contribution in [2.75, 3.05) is 6.61 Å². The largest absolute Gasteiger partial charge is 0.462 e. The summed E-state index contributed by atoms with van der Waals surface area (Å²) in [5, 5.41) is 4.21. The Bertz CT molecular complexity index is 371. The summed E-state index contributed by atoms with van der Waals surface area (Å²) in [7, 11) is 0. The van der Waals surface area contributed by atoms with Gasteiger partial charge in [-0.1, -0.05) is 6.92 Å². The SMILES string of the molecule is CCOC(=O)c1cnn2c1CC(C)CC2. The number of ether oxygens (including phenoxy) is 1. The van der Waals surface area contributed by atoms with Crippen molar-refractivity contribution in [3.63, 3.8) is 0 Å². The van der Waals surface area contributed by atoms with Gasteiger partial charge >= 0.3 is 5.97 Å². The number of hydrogen-bond acceptors (Lipinski definition) is 3. The first-order chi connectivity index (χ1) is 7.22.